The normalized spacial score (nSPS) is 53.9. The second kappa shape index (κ2) is 17.5. The molecule has 0 radical (unpaired) electrons. The van der Waals surface area contributed by atoms with E-state index in [1.807, 2.05) is 13.8 Å². The molecule has 23 atom stereocenters. The minimum Gasteiger partial charge on any atom is -0.432 e. The van der Waals surface area contributed by atoms with Crippen molar-refractivity contribution in [3.05, 3.63) is 11.6 Å². The third-order valence-corrected chi connectivity index (χ3v) is 19.1. The predicted octanol–water partition coefficient (Wildman–Crippen LogP) is -0.250. The average molecular weight is 929 g/mol. The molecule has 4 saturated carbocycles. The Kier molecular flexibility index (Phi) is 13.4. The first-order valence-corrected chi connectivity index (χ1v) is 23.8. The van der Waals surface area contributed by atoms with Crippen LogP contribution in [0.2, 0.25) is 0 Å². The Balaban J connectivity index is 1.04. The Bertz CT molecular complexity index is 1770. The van der Waals surface area contributed by atoms with Crippen LogP contribution in [0.5, 0.6) is 0 Å². The van der Waals surface area contributed by atoms with E-state index in [1.165, 1.54) is 0 Å². The summed E-state index contributed by atoms with van der Waals surface area (Å²) in [5, 5.41) is 117. The molecule has 8 rings (SSSR count). The van der Waals surface area contributed by atoms with Crippen LogP contribution in [0.25, 0.3) is 0 Å². The second-order valence-corrected chi connectivity index (χ2v) is 23.0. The molecular weight excluding hydrogens is 852 g/mol. The van der Waals surface area contributed by atoms with Crippen LogP contribution in [0.4, 0.5) is 0 Å². The number of carbonyl (C=O) groups is 1. The Hall–Kier alpha value is -1.43. The number of hydrogen-bond donors (Lipinski definition) is 11. The van der Waals surface area contributed by atoms with Gasteiger partial charge in [-0.25, -0.2) is 0 Å². The van der Waals surface area contributed by atoms with Gasteiger partial charge in [0.15, 0.2) is 12.6 Å². The van der Waals surface area contributed by atoms with Crippen molar-refractivity contribution in [2.75, 3.05) is 19.8 Å². The molecule has 0 bridgehead atoms. The van der Waals surface area contributed by atoms with Gasteiger partial charge in [-0.1, -0.05) is 60.1 Å². The van der Waals surface area contributed by atoms with Gasteiger partial charge >= 0.3 is 5.97 Å². The Labute approximate surface area is 380 Å². The quantitative estimate of drug-likeness (QED) is 0.0850. The topological polar surface area (TPSA) is 295 Å². The number of aliphatic hydroxyl groups excluding tert-OH is 11. The lowest BCUT2D eigenvalue weighted by atomic mass is 9.33. The van der Waals surface area contributed by atoms with Crippen molar-refractivity contribution >= 4 is 5.97 Å². The Morgan fingerprint density at radius 1 is 0.662 bits per heavy atom. The molecule has 0 amide bonds. The van der Waals surface area contributed by atoms with Gasteiger partial charge < -0.3 is 84.6 Å². The fourth-order valence-electron chi connectivity index (χ4n) is 14.7. The van der Waals surface area contributed by atoms with E-state index in [0.29, 0.717) is 38.5 Å². The molecule has 7 fully saturated rings. The molecule has 0 aromatic rings. The summed E-state index contributed by atoms with van der Waals surface area (Å²) in [6, 6.07) is 0. The molecule has 0 aromatic carbocycles. The number of allylic oxidation sites excluding steroid dienone is 1. The highest BCUT2D eigenvalue weighted by atomic mass is 16.8. The number of hydrogen-bond acceptors (Lipinski definition) is 18. The minimum atomic E-state index is -1.75. The van der Waals surface area contributed by atoms with E-state index in [9.17, 15) is 61.0 Å². The van der Waals surface area contributed by atoms with Crippen LogP contribution in [0.3, 0.4) is 0 Å². The van der Waals surface area contributed by atoms with Crippen LogP contribution < -0.4 is 0 Å². The summed E-state index contributed by atoms with van der Waals surface area (Å²) in [4.78, 5) is 14.7. The van der Waals surface area contributed by atoms with Gasteiger partial charge in [-0.05, 0) is 96.7 Å². The third-order valence-electron chi connectivity index (χ3n) is 19.1. The zero-order valence-electron chi connectivity index (χ0n) is 38.8. The van der Waals surface area contributed by atoms with E-state index in [1.54, 1.807) is 0 Å². The number of ether oxygens (including phenoxy) is 6. The van der Waals surface area contributed by atoms with Gasteiger partial charge in [0.05, 0.1) is 37.4 Å². The van der Waals surface area contributed by atoms with Gasteiger partial charge in [0.2, 0.25) is 6.29 Å². The molecule has 11 N–H and O–H groups in total. The number of carbonyl (C=O) groups excluding carboxylic acids is 1. The molecule has 3 heterocycles. The lowest BCUT2D eigenvalue weighted by molar-refractivity contribution is -0.367. The molecule has 8 aliphatic rings. The van der Waals surface area contributed by atoms with Crippen molar-refractivity contribution in [3.63, 3.8) is 0 Å². The predicted molar refractivity (Wildman–Crippen MR) is 226 cm³/mol. The highest BCUT2D eigenvalue weighted by molar-refractivity contribution is 5.79. The van der Waals surface area contributed by atoms with Crippen molar-refractivity contribution in [2.24, 2.45) is 50.2 Å². The number of aliphatic hydroxyl groups is 11. The van der Waals surface area contributed by atoms with Crippen molar-refractivity contribution in [1.82, 2.24) is 0 Å². The van der Waals surface area contributed by atoms with Crippen LogP contribution in [-0.4, -0.2) is 180 Å². The zero-order chi connectivity index (χ0) is 47.6. The maximum absolute atomic E-state index is 14.7. The summed E-state index contributed by atoms with van der Waals surface area (Å²) in [5.74, 6) is -0.883. The first-order chi connectivity index (χ1) is 30.3. The van der Waals surface area contributed by atoms with Crippen LogP contribution in [0, 0.1) is 50.2 Å². The molecule has 18 nitrogen and oxygen atoms in total. The van der Waals surface area contributed by atoms with Gasteiger partial charge in [0.1, 0.15) is 67.1 Å². The maximum atomic E-state index is 14.7. The lowest BCUT2D eigenvalue weighted by Gasteiger charge is -2.71. The summed E-state index contributed by atoms with van der Waals surface area (Å²) < 4.78 is 35.9. The minimum absolute atomic E-state index is 0.157. The number of fused-ring (bicyclic) bond motifs is 7. The smallest absolute Gasteiger partial charge is 0.315 e. The largest absolute Gasteiger partial charge is 0.432 e. The third kappa shape index (κ3) is 7.62. The Morgan fingerprint density at radius 3 is 1.89 bits per heavy atom. The van der Waals surface area contributed by atoms with Gasteiger partial charge in [-0.2, -0.15) is 0 Å². The highest BCUT2D eigenvalue weighted by Crippen LogP contribution is 2.76. The van der Waals surface area contributed by atoms with Crippen molar-refractivity contribution < 1.29 is 89.4 Å². The molecular formula is C47H76O18. The second-order valence-electron chi connectivity index (χ2n) is 23.0. The fourth-order valence-corrected chi connectivity index (χ4v) is 14.7. The van der Waals surface area contributed by atoms with Crippen molar-refractivity contribution in [1.29, 1.82) is 0 Å². The van der Waals surface area contributed by atoms with Crippen LogP contribution in [0.1, 0.15) is 106 Å². The van der Waals surface area contributed by atoms with Gasteiger partial charge in [-0.3, -0.25) is 4.79 Å². The summed E-state index contributed by atoms with van der Waals surface area (Å²) in [5.41, 5.74) is -1.94. The highest BCUT2D eigenvalue weighted by Gasteiger charge is 2.71. The van der Waals surface area contributed by atoms with E-state index in [4.69, 9.17) is 28.4 Å². The molecule has 5 aliphatic carbocycles. The molecule has 65 heavy (non-hydrogen) atoms. The average Bonchev–Trinajstić information content (AvgIpc) is 3.25. The lowest BCUT2D eigenvalue weighted by Crippen LogP contribution is -2.67. The molecule has 18 heteroatoms. The molecule has 3 saturated heterocycles. The molecule has 0 unspecified atom stereocenters. The summed E-state index contributed by atoms with van der Waals surface area (Å²) in [6.07, 6.45) is -14.5. The van der Waals surface area contributed by atoms with Crippen LogP contribution in [0.15, 0.2) is 11.6 Å². The zero-order valence-corrected chi connectivity index (χ0v) is 38.8. The summed E-state index contributed by atoms with van der Waals surface area (Å²) >= 11 is 0. The van der Waals surface area contributed by atoms with E-state index in [-0.39, 0.29) is 29.3 Å². The standard InChI is InChI=1S/C47H76O18/c1-42(2)14-16-47(41(59)65-39-35(57)33(55)31(53)24(19-49)62-39)17-15-45(6)21(28(47)37(42)58)8-9-26-44(5)12-11-27(43(3,4)25(44)10-13-46(26,45)7)63-40-36(29(51)22(50)20-60-40)64-38-34(56)32(54)30(52)23(18-48)61-38/h8,22-40,48-58H,9-20H2,1-7H3/t22-,23-,24-,25+,26-,27+,28-,29+,30-,31-,32+,33+,34-,35-,36-,37+,38+,39+,40+,44+,45-,46-,47+/m1/s1. The molecule has 0 aromatic heterocycles. The van der Waals surface area contributed by atoms with E-state index < -0.39 is 145 Å². The SMILES string of the molecule is CC1(C)CC[C@]2(C(=O)O[C@@H]3O[C@H](CO)[C@@H](O)[C@H](O)[C@H]3O)CC[C@]3(C)C(=CC[C@@H]4[C@@]5(C)CC[C@H](O[C@@H]6OC[C@@H](O)[C@H](O)[C@H]6O[C@@H]6O[C@H](CO)[C@@H](O)[C@H](O)[C@H]6O)C(C)(C)[C@@H]5CC[C@]43C)[C@@H]2[C@@H]1O. The summed E-state index contributed by atoms with van der Waals surface area (Å²) in [6.45, 7) is 13.9. The number of esters is 1. The molecule has 0 spiro atoms. The summed E-state index contributed by atoms with van der Waals surface area (Å²) in [7, 11) is 0. The van der Waals surface area contributed by atoms with E-state index in [0.717, 1.165) is 24.8 Å². The van der Waals surface area contributed by atoms with Crippen molar-refractivity contribution in [3.8, 4) is 0 Å². The van der Waals surface area contributed by atoms with Gasteiger partial charge in [-0.15, -0.1) is 0 Å². The van der Waals surface area contributed by atoms with Crippen LogP contribution in [-0.2, 0) is 33.2 Å². The molecule has 3 aliphatic heterocycles. The van der Waals surface area contributed by atoms with Gasteiger partial charge in [0, 0.05) is 5.92 Å². The fraction of sp³-hybridized carbons (Fsp3) is 0.936. The maximum Gasteiger partial charge on any atom is 0.315 e. The van der Waals surface area contributed by atoms with E-state index in [2.05, 4.69) is 40.7 Å². The first kappa shape index (κ1) is 50.0. The first-order valence-electron chi connectivity index (χ1n) is 23.8. The molecule has 372 valence electrons. The van der Waals surface area contributed by atoms with Gasteiger partial charge in [0.25, 0.3) is 0 Å². The van der Waals surface area contributed by atoms with E-state index >= 15 is 0 Å². The van der Waals surface area contributed by atoms with Crippen LogP contribution >= 0.6 is 0 Å². The number of rotatable bonds is 8. The van der Waals surface area contributed by atoms with Crippen molar-refractivity contribution in [2.45, 2.75) is 204 Å². The Morgan fingerprint density at radius 2 is 1.26 bits per heavy atom. The monoisotopic (exact) mass is 929 g/mol.